The van der Waals surface area contributed by atoms with Crippen LogP contribution in [-0.4, -0.2) is 95.9 Å². The third-order valence-corrected chi connectivity index (χ3v) is 21.3. The molecule has 0 aromatic heterocycles. The molecule has 0 aromatic rings. The summed E-state index contributed by atoms with van der Waals surface area (Å²) in [5, 5.41) is 20.7. The van der Waals surface area contributed by atoms with Crippen LogP contribution in [0.1, 0.15) is 393 Å². The average Bonchev–Trinajstić information content (AvgIpc) is 0.903. The standard InChI is InChI=1S/C95H166O16P2/c1-4-7-10-13-16-19-22-25-28-30-32-34-36-38-40-42-44-46-48-50-52-54-56-58-61-63-66-69-72-75-78-81-93(98)105-84-90(96)85-107-112(101,102)108-86-91(97)87-109-113(103,104)110-89-92(111-95(100)83-80-77-74-71-68-65-60-27-24-21-18-15-12-9-6-3)88-106-94(99)82-79-76-73-70-67-64-62-59-57-55-53-51-49-47-45-43-41-39-37-35-33-31-29-26-23-20-17-14-11-8-5-2/h7-8,10-11,16-17,19-20,25-26,28-29,32-35,38-41,44,46,90-92,96-97H,4-6,9,12-15,18,21-24,27,30-31,36-37,42-43,45,47-89H2,1-3H3,(H,101,102)(H,103,104)/b10-7-,11-8-,19-16-,20-17-,28-25-,29-26-,34-32-,35-33-,40-38-,41-39-,46-44-. The number of ether oxygens (including phenoxy) is 3. The van der Waals surface area contributed by atoms with E-state index in [9.17, 15) is 43.5 Å². The third-order valence-electron chi connectivity index (χ3n) is 19.4. The summed E-state index contributed by atoms with van der Waals surface area (Å²) >= 11 is 0. The lowest BCUT2D eigenvalue weighted by molar-refractivity contribution is -0.161. The summed E-state index contributed by atoms with van der Waals surface area (Å²) in [7, 11) is -9.79. The molecular weight excluding hydrogens is 1460 g/mol. The number of hydrogen-bond acceptors (Lipinski definition) is 14. The third kappa shape index (κ3) is 88.3. The number of phosphoric acid groups is 2. The first kappa shape index (κ1) is 109. The molecule has 0 radical (unpaired) electrons. The molecule has 0 heterocycles. The van der Waals surface area contributed by atoms with E-state index in [4.69, 9.17) is 32.3 Å². The van der Waals surface area contributed by atoms with Gasteiger partial charge in [0, 0.05) is 19.3 Å². The second kappa shape index (κ2) is 87.0. The maximum atomic E-state index is 13.0. The number of esters is 3. The minimum absolute atomic E-state index is 0.109. The van der Waals surface area contributed by atoms with Gasteiger partial charge < -0.3 is 34.2 Å². The zero-order valence-electron chi connectivity index (χ0n) is 71.8. The summed E-state index contributed by atoms with van der Waals surface area (Å²) in [5.41, 5.74) is 0. The van der Waals surface area contributed by atoms with Crippen molar-refractivity contribution in [2.45, 2.75) is 411 Å². The van der Waals surface area contributed by atoms with Gasteiger partial charge in [-0.15, -0.1) is 0 Å². The molecule has 652 valence electrons. The number of unbranched alkanes of at least 4 members (excludes halogenated alkanes) is 41. The van der Waals surface area contributed by atoms with Crippen LogP contribution in [0.15, 0.2) is 134 Å². The lowest BCUT2D eigenvalue weighted by atomic mass is 10.0. The van der Waals surface area contributed by atoms with Crippen LogP contribution < -0.4 is 0 Å². The first-order valence-electron chi connectivity index (χ1n) is 45.5. The topological polar surface area (TPSA) is 231 Å². The number of aliphatic hydroxyl groups is 2. The fourth-order valence-corrected chi connectivity index (χ4v) is 14.1. The van der Waals surface area contributed by atoms with Gasteiger partial charge in [0.25, 0.3) is 0 Å². The SMILES string of the molecule is CC/C=C\C/C=C\C/C=C\C/C=C\C/C=C\C/C=C\CCCCCCCCCCCCCCC(=O)OCC(O)COP(=O)(O)OCC(O)COP(=O)(O)OCC(COC(=O)CCCCCCCCCCCCCCCCC/C=C\C/C=C\C/C=C\C/C=C\C/C=C\CC)OC(=O)CCCCCCCCCCCCCCCCC. The van der Waals surface area contributed by atoms with Gasteiger partial charge in [0.2, 0.25) is 0 Å². The number of allylic oxidation sites excluding steroid dienone is 22. The first-order valence-corrected chi connectivity index (χ1v) is 48.5. The minimum Gasteiger partial charge on any atom is -0.463 e. The van der Waals surface area contributed by atoms with E-state index in [1.54, 1.807) is 0 Å². The molecule has 5 atom stereocenters. The molecule has 5 unspecified atom stereocenters. The highest BCUT2D eigenvalue weighted by Crippen LogP contribution is 2.45. The summed E-state index contributed by atoms with van der Waals surface area (Å²) in [5.74, 6) is -1.56. The van der Waals surface area contributed by atoms with E-state index < -0.39 is 91.5 Å². The quantitative estimate of drug-likeness (QED) is 0.0146. The van der Waals surface area contributed by atoms with E-state index in [1.807, 2.05) is 0 Å². The van der Waals surface area contributed by atoms with Crippen LogP contribution in [-0.2, 0) is 55.8 Å². The van der Waals surface area contributed by atoms with Crippen molar-refractivity contribution in [3.63, 3.8) is 0 Å². The predicted molar refractivity (Wildman–Crippen MR) is 473 cm³/mol. The molecule has 0 aliphatic heterocycles. The van der Waals surface area contributed by atoms with Crippen molar-refractivity contribution in [3.05, 3.63) is 134 Å². The van der Waals surface area contributed by atoms with Gasteiger partial charge in [0.05, 0.1) is 26.4 Å². The maximum Gasteiger partial charge on any atom is 0.472 e. The Labute approximate surface area is 690 Å². The van der Waals surface area contributed by atoms with Gasteiger partial charge in [-0.2, -0.15) is 0 Å². The Hall–Kier alpha value is -4.31. The van der Waals surface area contributed by atoms with Crippen LogP contribution in [0, 0.1) is 0 Å². The van der Waals surface area contributed by atoms with Crippen molar-refractivity contribution in [1.29, 1.82) is 0 Å². The number of rotatable bonds is 86. The van der Waals surface area contributed by atoms with Gasteiger partial charge in [-0.25, -0.2) is 9.13 Å². The molecule has 0 saturated heterocycles. The van der Waals surface area contributed by atoms with Gasteiger partial charge in [0.15, 0.2) is 6.10 Å². The smallest absolute Gasteiger partial charge is 0.463 e. The number of carbonyl (C=O) groups excluding carboxylic acids is 3. The summed E-state index contributed by atoms with van der Waals surface area (Å²) in [4.78, 5) is 58.9. The number of aliphatic hydroxyl groups excluding tert-OH is 2. The van der Waals surface area contributed by atoms with Crippen LogP contribution in [0.3, 0.4) is 0 Å². The minimum atomic E-state index is -4.93. The summed E-state index contributed by atoms with van der Waals surface area (Å²) in [6.45, 7) is 2.52. The predicted octanol–water partition coefficient (Wildman–Crippen LogP) is 27.8. The zero-order valence-corrected chi connectivity index (χ0v) is 73.6. The van der Waals surface area contributed by atoms with Gasteiger partial charge >= 0.3 is 33.6 Å². The number of phosphoric ester groups is 2. The second-order valence-corrected chi connectivity index (χ2v) is 33.3. The first-order chi connectivity index (χ1) is 55.2. The largest absolute Gasteiger partial charge is 0.472 e. The fourth-order valence-electron chi connectivity index (χ4n) is 12.5. The van der Waals surface area contributed by atoms with Crippen molar-refractivity contribution in [2.24, 2.45) is 0 Å². The molecule has 4 N–H and O–H groups in total. The molecule has 0 amide bonds. The Morgan fingerprint density at radius 3 is 0.743 bits per heavy atom. The zero-order chi connectivity index (χ0) is 82.2. The van der Waals surface area contributed by atoms with Gasteiger partial charge in [0.1, 0.15) is 25.4 Å². The van der Waals surface area contributed by atoms with Gasteiger partial charge in [-0.3, -0.25) is 32.5 Å². The van der Waals surface area contributed by atoms with Gasteiger partial charge in [-0.1, -0.05) is 392 Å². The molecule has 0 bridgehead atoms. The van der Waals surface area contributed by atoms with Crippen molar-refractivity contribution >= 4 is 33.6 Å². The second-order valence-electron chi connectivity index (χ2n) is 30.4. The summed E-state index contributed by atoms with van der Waals surface area (Å²) in [6, 6.07) is 0. The van der Waals surface area contributed by atoms with E-state index in [-0.39, 0.29) is 19.3 Å². The molecule has 0 fully saturated rings. The molecule has 113 heavy (non-hydrogen) atoms. The highest BCUT2D eigenvalue weighted by Gasteiger charge is 2.29. The van der Waals surface area contributed by atoms with Crippen molar-refractivity contribution < 1.29 is 75.8 Å². The lowest BCUT2D eigenvalue weighted by Gasteiger charge is -2.21. The van der Waals surface area contributed by atoms with Crippen LogP contribution in [0.25, 0.3) is 0 Å². The Morgan fingerprint density at radius 1 is 0.257 bits per heavy atom. The van der Waals surface area contributed by atoms with E-state index in [0.29, 0.717) is 19.3 Å². The van der Waals surface area contributed by atoms with Crippen molar-refractivity contribution in [1.82, 2.24) is 0 Å². The monoisotopic (exact) mass is 1630 g/mol. The molecule has 18 heteroatoms. The maximum absolute atomic E-state index is 13.0. The Bertz CT molecular complexity index is 2580. The lowest BCUT2D eigenvalue weighted by Crippen LogP contribution is -2.30. The normalized spacial score (nSPS) is 14.4. The van der Waals surface area contributed by atoms with Crippen LogP contribution in [0.2, 0.25) is 0 Å². The molecule has 0 rings (SSSR count). The molecule has 0 aliphatic carbocycles. The van der Waals surface area contributed by atoms with E-state index >= 15 is 0 Å². The average molecular weight is 1630 g/mol. The Morgan fingerprint density at radius 2 is 0.469 bits per heavy atom. The Kier molecular flexibility index (Phi) is 83.7. The molecule has 0 aromatic carbocycles. The molecular formula is C95H166O16P2. The summed E-state index contributed by atoms with van der Waals surface area (Å²) < 4.78 is 61.4. The highest BCUT2D eigenvalue weighted by atomic mass is 31.2. The summed E-state index contributed by atoms with van der Waals surface area (Å²) in [6.07, 6.45) is 108. The van der Waals surface area contributed by atoms with E-state index in [1.165, 1.54) is 193 Å². The van der Waals surface area contributed by atoms with E-state index in [0.717, 1.165) is 141 Å². The molecule has 16 nitrogen and oxygen atoms in total. The Balaban J connectivity index is 4.47. The fraction of sp³-hybridized carbons (Fsp3) is 0.737. The van der Waals surface area contributed by atoms with Crippen LogP contribution in [0.4, 0.5) is 0 Å². The van der Waals surface area contributed by atoms with Crippen LogP contribution >= 0.6 is 15.6 Å². The number of carbonyl (C=O) groups is 3. The van der Waals surface area contributed by atoms with Gasteiger partial charge in [-0.05, 0) is 116 Å². The van der Waals surface area contributed by atoms with Crippen molar-refractivity contribution in [2.75, 3.05) is 39.6 Å². The van der Waals surface area contributed by atoms with Crippen molar-refractivity contribution in [3.8, 4) is 0 Å². The molecule has 0 spiro atoms. The number of hydrogen-bond donors (Lipinski definition) is 4. The molecule has 0 saturated carbocycles. The van der Waals surface area contributed by atoms with E-state index in [2.05, 4.69) is 154 Å². The highest BCUT2D eigenvalue weighted by molar-refractivity contribution is 7.47. The molecule has 0 aliphatic rings. The van der Waals surface area contributed by atoms with Crippen LogP contribution in [0.5, 0.6) is 0 Å².